The minimum atomic E-state index is 0.245. The fraction of sp³-hybridized carbons (Fsp3) is 0.0667. The minimum Gasteiger partial charge on any atom is -0.507 e. The number of benzene rings is 2. The van der Waals surface area contributed by atoms with Gasteiger partial charge in [-0.3, -0.25) is 0 Å². The van der Waals surface area contributed by atoms with Crippen LogP contribution in [-0.4, -0.2) is 20.1 Å². The largest absolute Gasteiger partial charge is 0.507 e. The third kappa shape index (κ3) is 3.22. The van der Waals surface area contributed by atoms with Gasteiger partial charge < -0.3 is 10.4 Å². The third-order valence-corrected chi connectivity index (χ3v) is 3.66. The average Bonchev–Trinajstić information content (AvgIpc) is 3.03. The molecule has 0 spiro atoms. The van der Waals surface area contributed by atoms with E-state index >= 15 is 0 Å². The van der Waals surface area contributed by atoms with Crippen LogP contribution >= 0.6 is 15.9 Å². The second-order valence-corrected chi connectivity index (χ2v) is 5.36. The maximum Gasteiger partial charge on any atom is 0.129 e. The Bertz CT molecular complexity index is 726. The molecule has 1 aromatic heterocycles. The molecule has 6 heteroatoms. The molecule has 2 aromatic carbocycles. The Balaban J connectivity index is 1.66. The van der Waals surface area contributed by atoms with Crippen LogP contribution < -0.4 is 5.32 Å². The number of rotatable bonds is 4. The standard InChI is InChI=1S/C15H13BrN4O/c16-14-9-11(1-6-15(14)21)10-17-12-2-4-13(5-3-12)20-18-7-8-19-20/h1-9,17,21H,10H2. The highest BCUT2D eigenvalue weighted by Crippen LogP contribution is 2.24. The molecule has 0 aliphatic heterocycles. The Morgan fingerprint density at radius 2 is 1.76 bits per heavy atom. The van der Waals surface area contributed by atoms with Crippen molar-refractivity contribution in [3.8, 4) is 11.4 Å². The number of anilines is 1. The quantitative estimate of drug-likeness (QED) is 0.761. The van der Waals surface area contributed by atoms with E-state index in [1.807, 2.05) is 36.4 Å². The number of nitrogens with one attached hydrogen (secondary N) is 1. The molecule has 21 heavy (non-hydrogen) atoms. The zero-order valence-electron chi connectivity index (χ0n) is 11.1. The van der Waals surface area contributed by atoms with Crippen molar-refractivity contribution in [2.75, 3.05) is 5.32 Å². The van der Waals surface area contributed by atoms with Crippen molar-refractivity contribution in [3.05, 3.63) is 64.9 Å². The Hall–Kier alpha value is -2.34. The molecule has 0 atom stereocenters. The van der Waals surface area contributed by atoms with Crippen LogP contribution in [0.4, 0.5) is 5.69 Å². The maximum atomic E-state index is 9.47. The van der Waals surface area contributed by atoms with Gasteiger partial charge in [0.1, 0.15) is 5.75 Å². The first-order valence-corrected chi connectivity index (χ1v) is 7.20. The van der Waals surface area contributed by atoms with E-state index in [2.05, 4.69) is 31.4 Å². The van der Waals surface area contributed by atoms with E-state index in [9.17, 15) is 5.11 Å². The predicted molar refractivity (Wildman–Crippen MR) is 84.5 cm³/mol. The Morgan fingerprint density at radius 1 is 1.05 bits per heavy atom. The predicted octanol–water partition coefficient (Wildman–Crippen LogP) is 3.35. The van der Waals surface area contributed by atoms with Crippen LogP contribution in [0.15, 0.2) is 59.3 Å². The first-order chi connectivity index (χ1) is 10.2. The van der Waals surface area contributed by atoms with Crippen LogP contribution in [0.5, 0.6) is 5.75 Å². The lowest BCUT2D eigenvalue weighted by Crippen LogP contribution is -2.01. The fourth-order valence-corrected chi connectivity index (χ4v) is 2.35. The summed E-state index contributed by atoms with van der Waals surface area (Å²) < 4.78 is 0.696. The van der Waals surface area contributed by atoms with E-state index in [4.69, 9.17) is 0 Å². The van der Waals surface area contributed by atoms with Gasteiger partial charge in [0.15, 0.2) is 0 Å². The van der Waals surface area contributed by atoms with Gasteiger partial charge in [-0.25, -0.2) is 0 Å². The second kappa shape index (κ2) is 5.97. The lowest BCUT2D eigenvalue weighted by molar-refractivity contribution is 0.471. The fourth-order valence-electron chi connectivity index (χ4n) is 1.93. The molecule has 0 saturated carbocycles. The minimum absolute atomic E-state index is 0.245. The van der Waals surface area contributed by atoms with Crippen molar-refractivity contribution in [3.63, 3.8) is 0 Å². The number of hydrogen-bond acceptors (Lipinski definition) is 4. The van der Waals surface area contributed by atoms with Gasteiger partial charge in [-0.2, -0.15) is 15.0 Å². The van der Waals surface area contributed by atoms with E-state index in [1.54, 1.807) is 23.3 Å². The van der Waals surface area contributed by atoms with E-state index in [-0.39, 0.29) is 5.75 Å². The number of phenols is 1. The summed E-state index contributed by atoms with van der Waals surface area (Å²) in [6.07, 6.45) is 3.30. The van der Waals surface area contributed by atoms with Gasteiger partial charge in [-0.15, -0.1) is 0 Å². The molecule has 0 bridgehead atoms. The maximum absolute atomic E-state index is 9.47. The second-order valence-electron chi connectivity index (χ2n) is 4.50. The van der Waals surface area contributed by atoms with Gasteiger partial charge in [0.2, 0.25) is 0 Å². The SMILES string of the molecule is Oc1ccc(CNc2ccc(-n3nccn3)cc2)cc1Br. The van der Waals surface area contributed by atoms with Crippen molar-refractivity contribution in [1.29, 1.82) is 0 Å². The molecule has 3 aromatic rings. The number of phenolic OH excluding ortho intramolecular Hbond substituents is 1. The normalized spacial score (nSPS) is 10.5. The summed E-state index contributed by atoms with van der Waals surface area (Å²) in [5.41, 5.74) is 3.01. The Labute approximate surface area is 130 Å². The van der Waals surface area contributed by atoms with Gasteiger partial charge in [0.25, 0.3) is 0 Å². The van der Waals surface area contributed by atoms with Crippen molar-refractivity contribution in [1.82, 2.24) is 15.0 Å². The number of halogens is 1. The Kier molecular flexibility index (Phi) is 3.87. The number of hydrogen-bond donors (Lipinski definition) is 2. The molecule has 0 radical (unpaired) electrons. The highest BCUT2D eigenvalue weighted by atomic mass is 79.9. The van der Waals surface area contributed by atoms with Crippen molar-refractivity contribution in [2.24, 2.45) is 0 Å². The third-order valence-electron chi connectivity index (χ3n) is 3.03. The van der Waals surface area contributed by atoms with E-state index in [0.29, 0.717) is 11.0 Å². The summed E-state index contributed by atoms with van der Waals surface area (Å²) in [6, 6.07) is 13.3. The van der Waals surface area contributed by atoms with Crippen LogP contribution in [0.3, 0.4) is 0 Å². The molecule has 2 N–H and O–H groups in total. The molecule has 0 aliphatic rings. The first-order valence-electron chi connectivity index (χ1n) is 6.40. The van der Waals surface area contributed by atoms with Gasteiger partial charge >= 0.3 is 0 Å². The van der Waals surface area contributed by atoms with Gasteiger partial charge in [-0.05, 0) is 57.9 Å². The van der Waals surface area contributed by atoms with Crippen molar-refractivity contribution in [2.45, 2.75) is 6.54 Å². The van der Waals surface area contributed by atoms with Gasteiger partial charge in [0.05, 0.1) is 22.6 Å². The molecule has 0 saturated heterocycles. The average molecular weight is 345 g/mol. The van der Waals surface area contributed by atoms with E-state index < -0.39 is 0 Å². The summed E-state index contributed by atoms with van der Waals surface area (Å²) >= 11 is 3.31. The zero-order valence-corrected chi connectivity index (χ0v) is 12.7. The van der Waals surface area contributed by atoms with Crippen molar-refractivity contribution >= 4 is 21.6 Å². The van der Waals surface area contributed by atoms with Crippen molar-refractivity contribution < 1.29 is 5.11 Å². The summed E-state index contributed by atoms with van der Waals surface area (Å²) in [5.74, 6) is 0.245. The summed E-state index contributed by atoms with van der Waals surface area (Å²) in [5, 5.41) is 21.0. The highest BCUT2D eigenvalue weighted by Gasteiger charge is 2.01. The number of aromatic nitrogens is 3. The molecule has 3 rings (SSSR count). The zero-order chi connectivity index (χ0) is 14.7. The molecule has 5 nitrogen and oxygen atoms in total. The Morgan fingerprint density at radius 3 is 2.43 bits per heavy atom. The van der Waals surface area contributed by atoms with Gasteiger partial charge in [0, 0.05) is 12.2 Å². The van der Waals surface area contributed by atoms with Gasteiger partial charge in [-0.1, -0.05) is 6.07 Å². The van der Waals surface area contributed by atoms with Crippen LogP contribution in [0.25, 0.3) is 5.69 Å². The molecule has 0 aliphatic carbocycles. The summed E-state index contributed by atoms with van der Waals surface area (Å²) in [4.78, 5) is 1.57. The topological polar surface area (TPSA) is 63.0 Å². The van der Waals surface area contributed by atoms with Crippen LogP contribution in [0, 0.1) is 0 Å². The molecule has 0 fully saturated rings. The molecular formula is C15H13BrN4O. The summed E-state index contributed by atoms with van der Waals surface area (Å²) in [7, 11) is 0. The van der Waals surface area contributed by atoms with Crippen LogP contribution in [-0.2, 0) is 6.54 Å². The molecular weight excluding hydrogens is 332 g/mol. The number of nitrogens with zero attached hydrogens (tertiary/aromatic N) is 3. The monoisotopic (exact) mass is 344 g/mol. The first kappa shape index (κ1) is 13.6. The highest BCUT2D eigenvalue weighted by molar-refractivity contribution is 9.10. The molecule has 106 valence electrons. The summed E-state index contributed by atoms with van der Waals surface area (Å²) in [6.45, 7) is 0.679. The number of aromatic hydroxyl groups is 1. The molecule has 1 heterocycles. The molecule has 0 amide bonds. The van der Waals surface area contributed by atoms with E-state index in [1.165, 1.54) is 0 Å². The lowest BCUT2D eigenvalue weighted by Gasteiger charge is -2.08. The van der Waals surface area contributed by atoms with Crippen LogP contribution in [0.1, 0.15) is 5.56 Å². The smallest absolute Gasteiger partial charge is 0.129 e. The lowest BCUT2D eigenvalue weighted by atomic mass is 10.2. The molecule has 0 unspecified atom stereocenters. The van der Waals surface area contributed by atoms with E-state index in [0.717, 1.165) is 16.9 Å². The van der Waals surface area contributed by atoms with Crippen LogP contribution in [0.2, 0.25) is 0 Å².